The summed E-state index contributed by atoms with van der Waals surface area (Å²) in [7, 11) is 1.61. The van der Waals surface area contributed by atoms with Gasteiger partial charge in [0.1, 0.15) is 11.8 Å². The van der Waals surface area contributed by atoms with Gasteiger partial charge in [-0.1, -0.05) is 23.7 Å². The number of anilines is 1. The predicted molar refractivity (Wildman–Crippen MR) is 141 cm³/mol. The molecule has 3 heterocycles. The van der Waals surface area contributed by atoms with Crippen molar-refractivity contribution in [3.63, 3.8) is 0 Å². The van der Waals surface area contributed by atoms with Crippen LogP contribution in [0.5, 0.6) is 5.75 Å². The van der Waals surface area contributed by atoms with E-state index in [4.69, 9.17) is 28.6 Å². The standard InChI is InChI=1S/C27H25ClN4OS/c1-17-9-10-19(15-18(17)2)31-14-6-8-23(31)26-25(22-7-4-5-13-29-22)30-27(34)32(26)20-11-12-24(33-3)21(28)16-20/h4-16,25-26H,1-3H3,(H,30,34)/t25-,26-/m1/s1. The summed E-state index contributed by atoms with van der Waals surface area (Å²) in [6.07, 6.45) is 3.90. The van der Waals surface area contributed by atoms with Gasteiger partial charge in [0.25, 0.3) is 0 Å². The molecule has 0 amide bonds. The zero-order valence-electron chi connectivity index (χ0n) is 19.2. The fourth-order valence-corrected chi connectivity index (χ4v) is 5.08. The van der Waals surface area contributed by atoms with E-state index in [1.54, 1.807) is 7.11 Å². The van der Waals surface area contributed by atoms with E-state index in [1.807, 2.05) is 42.6 Å². The number of pyridine rings is 1. The van der Waals surface area contributed by atoms with Crippen LogP contribution in [-0.2, 0) is 0 Å². The van der Waals surface area contributed by atoms with Gasteiger partial charge in [-0.2, -0.15) is 0 Å². The molecule has 2 aromatic heterocycles. The largest absolute Gasteiger partial charge is 0.495 e. The van der Waals surface area contributed by atoms with E-state index in [0.717, 1.165) is 22.8 Å². The molecule has 5 nitrogen and oxygen atoms in total. The van der Waals surface area contributed by atoms with E-state index in [2.05, 4.69) is 70.1 Å². The Bertz CT molecular complexity index is 1350. The zero-order chi connectivity index (χ0) is 23.8. The van der Waals surface area contributed by atoms with Crippen LogP contribution in [0.15, 0.2) is 79.1 Å². The number of aromatic nitrogens is 2. The second-order valence-electron chi connectivity index (χ2n) is 8.39. The molecule has 1 saturated heterocycles. The van der Waals surface area contributed by atoms with E-state index in [-0.39, 0.29) is 12.1 Å². The smallest absolute Gasteiger partial charge is 0.174 e. The first-order chi connectivity index (χ1) is 16.5. The Morgan fingerprint density at radius 3 is 2.50 bits per heavy atom. The Kier molecular flexibility index (Phi) is 6.02. The molecule has 7 heteroatoms. The first-order valence-electron chi connectivity index (χ1n) is 11.1. The number of halogens is 1. The predicted octanol–water partition coefficient (Wildman–Crippen LogP) is 6.33. The van der Waals surface area contributed by atoms with Crippen molar-refractivity contribution in [2.45, 2.75) is 25.9 Å². The third kappa shape index (κ3) is 3.93. The lowest BCUT2D eigenvalue weighted by Crippen LogP contribution is -2.30. The normalized spacial score (nSPS) is 17.6. The van der Waals surface area contributed by atoms with E-state index < -0.39 is 0 Å². The number of methoxy groups -OCH3 is 1. The van der Waals surface area contributed by atoms with Crippen LogP contribution in [0.3, 0.4) is 0 Å². The van der Waals surface area contributed by atoms with Crippen LogP contribution in [0.1, 0.15) is 34.6 Å². The summed E-state index contributed by atoms with van der Waals surface area (Å²) in [5.41, 5.74) is 6.52. The van der Waals surface area contributed by atoms with E-state index in [0.29, 0.717) is 15.9 Å². The van der Waals surface area contributed by atoms with Crippen LogP contribution in [0.4, 0.5) is 5.69 Å². The van der Waals surface area contributed by atoms with Crippen molar-refractivity contribution in [3.8, 4) is 11.4 Å². The SMILES string of the molecule is COc1ccc(N2C(=S)N[C@H](c3ccccn3)[C@H]2c2cccn2-c2ccc(C)c(C)c2)cc1Cl. The number of hydrogen-bond acceptors (Lipinski definition) is 3. The summed E-state index contributed by atoms with van der Waals surface area (Å²) in [6, 6.07) is 22.1. The molecule has 0 aliphatic carbocycles. The molecule has 0 spiro atoms. The fraction of sp³-hybridized carbons (Fsp3) is 0.185. The van der Waals surface area contributed by atoms with Crippen LogP contribution in [0.2, 0.25) is 5.02 Å². The highest BCUT2D eigenvalue weighted by atomic mass is 35.5. The molecule has 2 aromatic carbocycles. The Balaban J connectivity index is 1.67. The maximum Gasteiger partial charge on any atom is 0.174 e. The first kappa shape index (κ1) is 22.4. The van der Waals surface area contributed by atoms with E-state index >= 15 is 0 Å². The minimum absolute atomic E-state index is 0.144. The van der Waals surface area contributed by atoms with E-state index in [9.17, 15) is 0 Å². The van der Waals surface area contributed by atoms with Crippen molar-refractivity contribution in [2.75, 3.05) is 12.0 Å². The minimum atomic E-state index is -0.150. The van der Waals surface area contributed by atoms with Crippen molar-refractivity contribution >= 4 is 34.6 Å². The summed E-state index contributed by atoms with van der Waals surface area (Å²) in [5.74, 6) is 0.625. The molecule has 0 radical (unpaired) electrons. The van der Waals surface area contributed by atoms with Crippen LogP contribution in [-0.4, -0.2) is 21.8 Å². The van der Waals surface area contributed by atoms with Crippen LogP contribution >= 0.6 is 23.8 Å². The van der Waals surface area contributed by atoms with Gasteiger partial charge in [0.05, 0.1) is 23.9 Å². The Morgan fingerprint density at radius 2 is 1.79 bits per heavy atom. The molecule has 1 aliphatic heterocycles. The van der Waals surface area contributed by atoms with Gasteiger partial charge in [0.15, 0.2) is 5.11 Å². The fourth-order valence-electron chi connectivity index (χ4n) is 4.48. The van der Waals surface area contributed by atoms with Gasteiger partial charge in [-0.05, 0) is 91.8 Å². The quantitative estimate of drug-likeness (QED) is 0.332. The maximum atomic E-state index is 6.51. The Labute approximate surface area is 210 Å². The highest BCUT2D eigenvalue weighted by Crippen LogP contribution is 2.43. The molecule has 34 heavy (non-hydrogen) atoms. The van der Waals surface area contributed by atoms with Crippen LogP contribution in [0.25, 0.3) is 5.69 Å². The average Bonchev–Trinajstić information content (AvgIpc) is 3.45. The lowest BCUT2D eigenvalue weighted by molar-refractivity contribution is 0.415. The minimum Gasteiger partial charge on any atom is -0.495 e. The first-order valence-corrected chi connectivity index (χ1v) is 11.9. The third-order valence-corrected chi connectivity index (χ3v) is 6.97. The molecule has 172 valence electrons. The van der Waals surface area contributed by atoms with Gasteiger partial charge in [0, 0.05) is 29.5 Å². The number of ether oxygens (including phenoxy) is 1. The monoisotopic (exact) mass is 488 g/mol. The Hall–Kier alpha value is -3.35. The molecule has 4 aromatic rings. The molecule has 1 N–H and O–H groups in total. The lowest BCUT2D eigenvalue weighted by atomic mass is 10.0. The molecule has 1 fully saturated rings. The zero-order valence-corrected chi connectivity index (χ0v) is 20.8. The van der Waals surface area contributed by atoms with Gasteiger partial charge in [-0.3, -0.25) is 4.98 Å². The number of thiocarbonyl (C=S) groups is 1. The van der Waals surface area contributed by atoms with Crippen molar-refractivity contribution in [1.29, 1.82) is 0 Å². The van der Waals surface area contributed by atoms with Crippen LogP contribution in [0, 0.1) is 13.8 Å². The third-order valence-electron chi connectivity index (χ3n) is 6.36. The maximum absolute atomic E-state index is 6.51. The number of hydrogen-bond donors (Lipinski definition) is 1. The number of aryl methyl sites for hydroxylation is 2. The number of benzene rings is 2. The van der Waals surface area contributed by atoms with Gasteiger partial charge in [-0.25, -0.2) is 0 Å². The van der Waals surface area contributed by atoms with Gasteiger partial charge in [-0.15, -0.1) is 0 Å². The van der Waals surface area contributed by atoms with Crippen molar-refractivity contribution in [2.24, 2.45) is 0 Å². The summed E-state index contributed by atoms with van der Waals surface area (Å²) in [6.45, 7) is 4.26. The van der Waals surface area contributed by atoms with Crippen LogP contribution < -0.4 is 15.0 Å². The second kappa shape index (κ2) is 9.12. The van der Waals surface area contributed by atoms with Crippen molar-refractivity contribution in [1.82, 2.24) is 14.9 Å². The van der Waals surface area contributed by atoms with Gasteiger partial charge < -0.3 is 19.5 Å². The van der Waals surface area contributed by atoms with Gasteiger partial charge in [0.2, 0.25) is 0 Å². The summed E-state index contributed by atoms with van der Waals surface area (Å²) in [5, 5.41) is 4.67. The van der Waals surface area contributed by atoms with Gasteiger partial charge >= 0.3 is 0 Å². The molecular formula is C27H25ClN4OS. The number of rotatable bonds is 5. The highest BCUT2D eigenvalue weighted by molar-refractivity contribution is 7.80. The number of nitrogens with one attached hydrogen (secondary N) is 1. The Morgan fingerprint density at radius 1 is 0.971 bits per heavy atom. The molecule has 5 rings (SSSR count). The molecule has 0 unspecified atom stereocenters. The van der Waals surface area contributed by atoms with Crippen molar-refractivity contribution < 1.29 is 4.74 Å². The molecule has 2 atom stereocenters. The second-order valence-corrected chi connectivity index (χ2v) is 9.18. The lowest BCUT2D eigenvalue weighted by Gasteiger charge is -2.29. The van der Waals surface area contributed by atoms with E-state index in [1.165, 1.54) is 11.1 Å². The highest BCUT2D eigenvalue weighted by Gasteiger charge is 2.42. The molecular weight excluding hydrogens is 464 g/mol. The summed E-state index contributed by atoms with van der Waals surface area (Å²) < 4.78 is 7.59. The topological polar surface area (TPSA) is 42.3 Å². The van der Waals surface area contributed by atoms with Crippen molar-refractivity contribution in [3.05, 3.63) is 107 Å². The summed E-state index contributed by atoms with van der Waals surface area (Å²) in [4.78, 5) is 6.77. The summed E-state index contributed by atoms with van der Waals surface area (Å²) >= 11 is 12.4. The number of nitrogens with zero attached hydrogens (tertiary/aromatic N) is 3. The molecule has 0 bridgehead atoms. The molecule has 0 saturated carbocycles. The average molecular weight is 489 g/mol. The molecule has 1 aliphatic rings.